The minimum absolute atomic E-state index is 0.00793. The Morgan fingerprint density at radius 3 is 2.53 bits per heavy atom. The molecule has 1 unspecified atom stereocenters. The van der Waals surface area contributed by atoms with E-state index in [2.05, 4.69) is 29.7 Å². The molecule has 0 aliphatic carbocycles. The van der Waals surface area contributed by atoms with E-state index in [-0.39, 0.29) is 12.5 Å². The predicted octanol–water partition coefficient (Wildman–Crippen LogP) is 2.64. The summed E-state index contributed by atoms with van der Waals surface area (Å²) in [5, 5.41) is 18.0. The Hall–Kier alpha value is -2.05. The Morgan fingerprint density at radius 2 is 1.95 bits per heavy atom. The molecule has 0 aliphatic heterocycles. The van der Waals surface area contributed by atoms with Crippen LogP contribution in [-0.4, -0.2) is 16.3 Å². The highest BCUT2D eigenvalue weighted by atomic mass is 16.3. The van der Waals surface area contributed by atoms with Crippen LogP contribution in [0.25, 0.3) is 5.69 Å². The Morgan fingerprint density at radius 1 is 1.26 bits per heavy atom. The molecule has 0 saturated heterocycles. The Labute approximate surface area is 113 Å². The van der Waals surface area contributed by atoms with E-state index < -0.39 is 0 Å². The number of hydrogen-bond donors (Lipinski definition) is 1. The van der Waals surface area contributed by atoms with E-state index >= 15 is 0 Å². The third kappa shape index (κ3) is 2.86. The lowest BCUT2D eigenvalue weighted by Crippen LogP contribution is -2.10. The minimum Gasteiger partial charge on any atom is -0.396 e. The number of aryl methyl sites for hydroxylation is 1. The number of hydrogen-bond acceptors (Lipinski definition) is 2. The maximum absolute atomic E-state index is 9.12. The summed E-state index contributed by atoms with van der Waals surface area (Å²) in [4.78, 5) is 0. The molecule has 19 heavy (non-hydrogen) atoms. The lowest BCUT2D eigenvalue weighted by Gasteiger charge is -2.14. The molecule has 1 atom stereocenters. The van der Waals surface area contributed by atoms with Crippen LogP contribution >= 0.6 is 0 Å². The number of aliphatic hydroxyl groups excluding tert-OH is 1. The fourth-order valence-electron chi connectivity index (χ4n) is 2.17. The van der Waals surface area contributed by atoms with Crippen LogP contribution in [0.15, 0.2) is 36.4 Å². The van der Waals surface area contributed by atoms with Gasteiger partial charge in [-0.15, -0.1) is 0 Å². The van der Waals surface area contributed by atoms with Crippen LogP contribution in [0.3, 0.4) is 0 Å². The molecule has 1 radical (unpaired) electrons. The van der Waals surface area contributed by atoms with E-state index in [1.807, 2.05) is 31.2 Å². The standard InChI is InChI=1S/C16H17N2O/c1-12(11-19)9-16-6-3-13(2)18(16)15-7-4-14(10-17)5-8-15/h3-8,12,19H,1,9,11H2,2H3. The topological polar surface area (TPSA) is 49.0 Å². The van der Waals surface area contributed by atoms with Crippen LogP contribution in [-0.2, 0) is 6.42 Å². The Bertz CT molecular complexity index is 590. The minimum atomic E-state index is -0.00793. The van der Waals surface area contributed by atoms with Crippen LogP contribution in [0.5, 0.6) is 0 Å². The van der Waals surface area contributed by atoms with E-state index in [1.165, 1.54) is 0 Å². The van der Waals surface area contributed by atoms with E-state index in [0.717, 1.165) is 23.5 Å². The monoisotopic (exact) mass is 253 g/mol. The molecule has 1 heterocycles. The second-order valence-corrected chi connectivity index (χ2v) is 4.71. The van der Waals surface area contributed by atoms with Gasteiger partial charge in [-0.2, -0.15) is 5.26 Å². The summed E-state index contributed by atoms with van der Waals surface area (Å²) in [6, 6.07) is 13.7. The van der Waals surface area contributed by atoms with E-state index in [9.17, 15) is 0 Å². The molecule has 2 aromatic rings. The van der Waals surface area contributed by atoms with Gasteiger partial charge in [-0.1, -0.05) is 0 Å². The first kappa shape index (κ1) is 13.4. The first-order chi connectivity index (χ1) is 9.15. The van der Waals surface area contributed by atoms with Crippen molar-refractivity contribution in [2.45, 2.75) is 13.3 Å². The van der Waals surface area contributed by atoms with Crippen molar-refractivity contribution in [1.82, 2.24) is 4.57 Å². The van der Waals surface area contributed by atoms with Gasteiger partial charge < -0.3 is 9.67 Å². The number of rotatable bonds is 4. The van der Waals surface area contributed by atoms with Crippen molar-refractivity contribution in [2.24, 2.45) is 5.92 Å². The fraction of sp³-hybridized carbons (Fsp3) is 0.250. The summed E-state index contributed by atoms with van der Waals surface area (Å²) in [6.07, 6.45) is 0.727. The molecule has 3 nitrogen and oxygen atoms in total. The molecular weight excluding hydrogens is 236 g/mol. The molecule has 2 rings (SSSR count). The van der Waals surface area contributed by atoms with Gasteiger partial charge in [0.2, 0.25) is 0 Å². The molecule has 0 amide bonds. The van der Waals surface area contributed by atoms with Gasteiger partial charge in [0, 0.05) is 23.7 Å². The van der Waals surface area contributed by atoms with Crippen molar-refractivity contribution in [3.63, 3.8) is 0 Å². The van der Waals surface area contributed by atoms with Gasteiger partial charge in [-0.3, -0.25) is 0 Å². The van der Waals surface area contributed by atoms with Gasteiger partial charge in [0.1, 0.15) is 0 Å². The van der Waals surface area contributed by atoms with Crippen LogP contribution < -0.4 is 0 Å². The van der Waals surface area contributed by atoms with Gasteiger partial charge in [-0.05, 0) is 62.6 Å². The molecule has 1 aromatic heterocycles. The highest BCUT2D eigenvalue weighted by Crippen LogP contribution is 2.19. The zero-order chi connectivity index (χ0) is 13.8. The predicted molar refractivity (Wildman–Crippen MR) is 74.9 cm³/mol. The Kier molecular flexibility index (Phi) is 4.03. The number of benzene rings is 1. The van der Waals surface area contributed by atoms with Crippen LogP contribution in [0.1, 0.15) is 17.0 Å². The average molecular weight is 253 g/mol. The largest absolute Gasteiger partial charge is 0.396 e. The maximum Gasteiger partial charge on any atom is 0.0991 e. The van der Waals surface area contributed by atoms with Crippen LogP contribution in [0, 0.1) is 31.1 Å². The number of aromatic nitrogens is 1. The summed E-state index contributed by atoms with van der Waals surface area (Å²) in [5.41, 5.74) is 3.93. The van der Waals surface area contributed by atoms with Crippen molar-refractivity contribution in [1.29, 1.82) is 5.26 Å². The average Bonchev–Trinajstić information content (AvgIpc) is 2.79. The third-order valence-electron chi connectivity index (χ3n) is 3.17. The molecule has 97 valence electrons. The molecular formula is C16H17N2O. The van der Waals surface area contributed by atoms with Crippen molar-refractivity contribution >= 4 is 0 Å². The van der Waals surface area contributed by atoms with Gasteiger partial charge in [0.05, 0.1) is 11.6 Å². The number of nitriles is 1. The summed E-state index contributed by atoms with van der Waals surface area (Å²) in [5.74, 6) is -0.00793. The zero-order valence-corrected chi connectivity index (χ0v) is 11.0. The maximum atomic E-state index is 9.12. The van der Waals surface area contributed by atoms with Gasteiger partial charge in [-0.25, -0.2) is 0 Å². The van der Waals surface area contributed by atoms with E-state index in [0.29, 0.717) is 5.56 Å². The van der Waals surface area contributed by atoms with Crippen LogP contribution in [0.2, 0.25) is 0 Å². The molecule has 0 spiro atoms. The molecule has 0 saturated carbocycles. The van der Waals surface area contributed by atoms with Crippen molar-refractivity contribution in [3.8, 4) is 11.8 Å². The molecule has 3 heteroatoms. The number of nitrogens with zero attached hydrogens (tertiary/aromatic N) is 2. The first-order valence-electron chi connectivity index (χ1n) is 6.27. The first-order valence-corrected chi connectivity index (χ1v) is 6.27. The second-order valence-electron chi connectivity index (χ2n) is 4.71. The van der Waals surface area contributed by atoms with Crippen molar-refractivity contribution < 1.29 is 5.11 Å². The highest BCUT2D eigenvalue weighted by Gasteiger charge is 2.10. The zero-order valence-electron chi connectivity index (χ0n) is 11.0. The van der Waals surface area contributed by atoms with Crippen LogP contribution in [0.4, 0.5) is 0 Å². The second kappa shape index (κ2) is 5.73. The van der Waals surface area contributed by atoms with E-state index in [1.54, 1.807) is 0 Å². The molecule has 1 aromatic carbocycles. The molecule has 0 aliphatic rings. The summed E-state index contributed by atoms with van der Waals surface area (Å²) >= 11 is 0. The summed E-state index contributed by atoms with van der Waals surface area (Å²) in [6.45, 7) is 6.04. The van der Waals surface area contributed by atoms with Gasteiger partial charge in [0.25, 0.3) is 0 Å². The van der Waals surface area contributed by atoms with Gasteiger partial charge in [0.15, 0.2) is 0 Å². The van der Waals surface area contributed by atoms with Crippen molar-refractivity contribution in [3.05, 3.63) is 60.3 Å². The molecule has 0 fully saturated rings. The quantitative estimate of drug-likeness (QED) is 0.910. The highest BCUT2D eigenvalue weighted by molar-refractivity contribution is 5.42. The lowest BCUT2D eigenvalue weighted by atomic mass is 10.1. The smallest absolute Gasteiger partial charge is 0.0991 e. The number of aliphatic hydroxyl groups is 1. The fourth-order valence-corrected chi connectivity index (χ4v) is 2.17. The molecule has 0 bridgehead atoms. The normalized spacial score (nSPS) is 12.1. The van der Waals surface area contributed by atoms with Crippen molar-refractivity contribution in [2.75, 3.05) is 6.61 Å². The summed E-state index contributed by atoms with van der Waals surface area (Å²) < 4.78 is 2.13. The van der Waals surface area contributed by atoms with E-state index in [4.69, 9.17) is 10.4 Å². The lowest BCUT2D eigenvalue weighted by molar-refractivity contribution is 0.250. The third-order valence-corrected chi connectivity index (χ3v) is 3.17. The van der Waals surface area contributed by atoms with Gasteiger partial charge >= 0.3 is 0 Å². The Balaban J connectivity index is 2.37. The summed E-state index contributed by atoms with van der Waals surface area (Å²) in [7, 11) is 0. The molecule has 1 N–H and O–H groups in total. The SMILES string of the molecule is [CH2]C(CO)Cc1ccc(C)n1-c1ccc(C#N)cc1.